The second-order valence-corrected chi connectivity index (χ2v) is 6.62. The molecular weight excluding hydrogens is 499 g/mol. The molecule has 1 aromatic rings. The Labute approximate surface area is 196 Å². The Hall–Kier alpha value is -1.92. The lowest BCUT2D eigenvalue weighted by atomic mass is 10.1. The first-order valence-electron chi connectivity index (χ1n) is 9.81. The second-order valence-electron chi connectivity index (χ2n) is 6.62. The van der Waals surface area contributed by atoms with Crippen molar-refractivity contribution < 1.29 is 14.3 Å². The first kappa shape index (κ1) is 28.1. The number of amides is 2. The van der Waals surface area contributed by atoms with Crippen molar-refractivity contribution in [3.05, 3.63) is 35.4 Å². The Morgan fingerprint density at radius 2 is 1.83 bits per heavy atom. The van der Waals surface area contributed by atoms with Crippen LogP contribution in [0.1, 0.15) is 29.3 Å². The van der Waals surface area contributed by atoms with Gasteiger partial charge in [0, 0.05) is 45.5 Å². The van der Waals surface area contributed by atoms with E-state index in [0.29, 0.717) is 12.1 Å². The fourth-order valence-corrected chi connectivity index (χ4v) is 2.50. The van der Waals surface area contributed by atoms with Gasteiger partial charge in [-0.15, -0.1) is 24.0 Å². The normalized spacial score (nSPS) is 11.0. The number of carbonyl (C=O) groups is 2. The second kappa shape index (κ2) is 16.8. The number of nitrogens with two attached hydrogens (primary N) is 1. The zero-order valence-electron chi connectivity index (χ0n) is 18.1. The van der Waals surface area contributed by atoms with Crippen molar-refractivity contribution >= 4 is 41.8 Å². The van der Waals surface area contributed by atoms with Gasteiger partial charge >= 0.3 is 0 Å². The van der Waals surface area contributed by atoms with Crippen LogP contribution in [0.15, 0.2) is 29.3 Å². The molecule has 0 aliphatic heterocycles. The molecule has 5 N–H and O–H groups in total. The standard InChI is InChI=1S/C20H34N6O3.HI/c1-4-22-20(23-10-12-26(2)11-5-13-29-3)25-14-16-6-8-17(9-7-16)19(28)24-15-18(21)27;/h6-9H,4-5,10-15H2,1-3H3,(H2,21,27)(H,24,28)(H2,22,23,25);1H. The third-order valence-electron chi connectivity index (χ3n) is 4.08. The third-order valence-corrected chi connectivity index (χ3v) is 4.08. The highest BCUT2D eigenvalue weighted by molar-refractivity contribution is 14.0. The van der Waals surface area contributed by atoms with Crippen molar-refractivity contribution in [3.63, 3.8) is 0 Å². The molecule has 0 radical (unpaired) electrons. The fourth-order valence-electron chi connectivity index (χ4n) is 2.50. The van der Waals surface area contributed by atoms with Gasteiger partial charge in [0.1, 0.15) is 0 Å². The van der Waals surface area contributed by atoms with Crippen LogP contribution in [-0.4, -0.2) is 76.2 Å². The lowest BCUT2D eigenvalue weighted by Crippen LogP contribution is -2.41. The Bertz CT molecular complexity index is 654. The van der Waals surface area contributed by atoms with E-state index in [1.807, 2.05) is 19.1 Å². The summed E-state index contributed by atoms with van der Waals surface area (Å²) in [7, 11) is 3.80. The maximum Gasteiger partial charge on any atom is 0.251 e. The molecule has 0 unspecified atom stereocenters. The van der Waals surface area contributed by atoms with Gasteiger partial charge in [-0.3, -0.25) is 9.59 Å². The minimum Gasteiger partial charge on any atom is -0.385 e. The Kier molecular flexibility index (Phi) is 15.8. The Balaban J connectivity index is 0.00000841. The number of guanidine groups is 1. The van der Waals surface area contributed by atoms with Gasteiger partial charge in [-0.05, 0) is 38.1 Å². The average molecular weight is 534 g/mol. The van der Waals surface area contributed by atoms with Gasteiger partial charge in [0.25, 0.3) is 5.91 Å². The largest absolute Gasteiger partial charge is 0.385 e. The van der Waals surface area contributed by atoms with E-state index in [2.05, 4.69) is 32.9 Å². The molecule has 0 saturated carbocycles. The van der Waals surface area contributed by atoms with Crippen LogP contribution in [0.3, 0.4) is 0 Å². The summed E-state index contributed by atoms with van der Waals surface area (Å²) in [4.78, 5) is 29.5. The number of rotatable bonds is 13. The predicted molar refractivity (Wildman–Crippen MR) is 130 cm³/mol. The maximum absolute atomic E-state index is 11.9. The lowest BCUT2D eigenvalue weighted by Gasteiger charge is -2.18. The summed E-state index contributed by atoms with van der Waals surface area (Å²) in [6, 6.07) is 7.10. The van der Waals surface area contributed by atoms with Gasteiger partial charge in [-0.25, -0.2) is 4.99 Å². The summed E-state index contributed by atoms with van der Waals surface area (Å²) in [5.74, 6) is -0.154. The summed E-state index contributed by atoms with van der Waals surface area (Å²) >= 11 is 0. The van der Waals surface area contributed by atoms with Crippen LogP contribution in [0.2, 0.25) is 0 Å². The Morgan fingerprint density at radius 1 is 1.13 bits per heavy atom. The smallest absolute Gasteiger partial charge is 0.251 e. The molecule has 0 aliphatic rings. The summed E-state index contributed by atoms with van der Waals surface area (Å²) in [5.41, 5.74) is 6.48. The molecule has 0 saturated heterocycles. The molecule has 0 fully saturated rings. The van der Waals surface area contributed by atoms with Crippen molar-refractivity contribution in [1.82, 2.24) is 20.9 Å². The molecule has 1 aromatic carbocycles. The minimum atomic E-state index is -0.575. The molecule has 170 valence electrons. The van der Waals surface area contributed by atoms with Crippen LogP contribution in [0, 0.1) is 0 Å². The first-order chi connectivity index (χ1) is 14.0. The molecule has 0 atom stereocenters. The molecule has 1 rings (SSSR count). The molecule has 0 aromatic heterocycles. The first-order valence-corrected chi connectivity index (χ1v) is 9.81. The number of ether oxygens (including phenoxy) is 1. The van der Waals surface area contributed by atoms with Gasteiger partial charge in [-0.2, -0.15) is 0 Å². The quantitative estimate of drug-likeness (QED) is 0.127. The molecule has 0 aliphatic carbocycles. The highest BCUT2D eigenvalue weighted by atomic mass is 127. The van der Waals surface area contributed by atoms with Crippen molar-refractivity contribution in [3.8, 4) is 0 Å². The molecular formula is C20H35IN6O3. The third kappa shape index (κ3) is 12.6. The zero-order chi connectivity index (χ0) is 21.5. The van der Waals surface area contributed by atoms with Crippen LogP contribution >= 0.6 is 24.0 Å². The van der Waals surface area contributed by atoms with Crippen LogP contribution < -0.4 is 21.7 Å². The molecule has 0 heterocycles. The van der Waals surface area contributed by atoms with Crippen LogP contribution in [0.25, 0.3) is 0 Å². The maximum atomic E-state index is 11.9. The van der Waals surface area contributed by atoms with E-state index in [0.717, 1.165) is 50.7 Å². The van der Waals surface area contributed by atoms with E-state index in [4.69, 9.17) is 10.5 Å². The SMILES string of the molecule is CCNC(=NCc1ccc(C(=O)NCC(N)=O)cc1)NCCN(C)CCCOC.I. The summed E-state index contributed by atoms with van der Waals surface area (Å²) in [5, 5.41) is 9.02. The molecule has 30 heavy (non-hydrogen) atoms. The molecule has 10 heteroatoms. The molecule has 9 nitrogen and oxygen atoms in total. The Morgan fingerprint density at radius 3 is 2.43 bits per heavy atom. The summed E-state index contributed by atoms with van der Waals surface area (Å²) in [6.45, 7) is 6.56. The van der Waals surface area contributed by atoms with E-state index in [1.165, 1.54) is 0 Å². The highest BCUT2D eigenvalue weighted by Gasteiger charge is 2.06. The van der Waals surface area contributed by atoms with Gasteiger partial charge in [0.2, 0.25) is 5.91 Å². The van der Waals surface area contributed by atoms with Gasteiger partial charge in [0.05, 0.1) is 13.1 Å². The molecule has 2 amide bonds. The number of primary amides is 1. The van der Waals surface area contributed by atoms with Crippen molar-refractivity contribution in [2.24, 2.45) is 10.7 Å². The van der Waals surface area contributed by atoms with Crippen molar-refractivity contribution in [2.45, 2.75) is 19.9 Å². The van der Waals surface area contributed by atoms with Crippen molar-refractivity contribution in [1.29, 1.82) is 0 Å². The highest BCUT2D eigenvalue weighted by Crippen LogP contribution is 2.06. The van der Waals surface area contributed by atoms with Gasteiger partial charge in [-0.1, -0.05) is 12.1 Å². The summed E-state index contributed by atoms with van der Waals surface area (Å²) in [6.07, 6.45) is 1.01. The van der Waals surface area contributed by atoms with Crippen LogP contribution in [0.4, 0.5) is 0 Å². The topological polar surface area (TPSA) is 121 Å². The average Bonchev–Trinajstić information content (AvgIpc) is 2.70. The van der Waals surface area contributed by atoms with Gasteiger partial charge < -0.3 is 31.3 Å². The monoisotopic (exact) mass is 534 g/mol. The number of nitrogens with one attached hydrogen (secondary N) is 3. The van der Waals surface area contributed by atoms with E-state index < -0.39 is 5.91 Å². The molecule has 0 spiro atoms. The van der Waals surface area contributed by atoms with E-state index in [-0.39, 0.29) is 36.4 Å². The lowest BCUT2D eigenvalue weighted by molar-refractivity contribution is -0.117. The number of likely N-dealkylation sites (N-methyl/N-ethyl adjacent to an activating group) is 1. The van der Waals surface area contributed by atoms with E-state index in [9.17, 15) is 9.59 Å². The number of hydrogen-bond acceptors (Lipinski definition) is 5. The van der Waals surface area contributed by atoms with Crippen LogP contribution in [0.5, 0.6) is 0 Å². The number of carbonyl (C=O) groups excluding carboxylic acids is 2. The minimum absolute atomic E-state index is 0. The fraction of sp³-hybridized carbons (Fsp3) is 0.550. The zero-order valence-corrected chi connectivity index (χ0v) is 20.4. The van der Waals surface area contributed by atoms with Crippen molar-refractivity contribution in [2.75, 3.05) is 53.5 Å². The van der Waals surface area contributed by atoms with E-state index >= 15 is 0 Å². The van der Waals surface area contributed by atoms with Gasteiger partial charge in [0.15, 0.2) is 5.96 Å². The van der Waals surface area contributed by atoms with Crippen LogP contribution in [-0.2, 0) is 16.1 Å². The number of methoxy groups -OCH3 is 1. The molecule has 0 bridgehead atoms. The number of nitrogens with zero attached hydrogens (tertiary/aromatic N) is 2. The number of halogens is 1. The summed E-state index contributed by atoms with van der Waals surface area (Å²) < 4.78 is 5.07. The number of benzene rings is 1. The van der Waals surface area contributed by atoms with E-state index in [1.54, 1.807) is 19.2 Å². The number of hydrogen-bond donors (Lipinski definition) is 4. The number of aliphatic imine (C=N–C) groups is 1. The predicted octanol–water partition coefficient (Wildman–Crippen LogP) is 0.543.